The lowest BCUT2D eigenvalue weighted by Gasteiger charge is -2.03. The molecule has 0 amide bonds. The van der Waals surface area contributed by atoms with Crippen molar-refractivity contribution < 1.29 is 4.74 Å². The van der Waals surface area contributed by atoms with Gasteiger partial charge in [0.25, 0.3) is 5.95 Å². The van der Waals surface area contributed by atoms with Crippen molar-refractivity contribution in [3.63, 3.8) is 0 Å². The summed E-state index contributed by atoms with van der Waals surface area (Å²) in [7, 11) is 1.64. The van der Waals surface area contributed by atoms with Gasteiger partial charge in [-0.2, -0.15) is 10.1 Å². The normalized spacial score (nSPS) is 10.7. The Morgan fingerprint density at radius 1 is 1.09 bits per heavy atom. The summed E-state index contributed by atoms with van der Waals surface area (Å²) in [6.07, 6.45) is 1.72. The maximum atomic E-state index is 5.13. The zero-order valence-corrected chi connectivity index (χ0v) is 13.2. The Hall–Kier alpha value is -2.93. The van der Waals surface area contributed by atoms with Gasteiger partial charge in [0.05, 0.1) is 13.3 Å². The van der Waals surface area contributed by atoms with E-state index in [2.05, 4.69) is 25.2 Å². The first-order valence-electron chi connectivity index (χ1n) is 6.92. The SMILES string of the molecule is COc1ccc(Nc2nc(N/N=C/c3ccccc3)ns2)cc1. The van der Waals surface area contributed by atoms with E-state index in [1.807, 2.05) is 54.6 Å². The second kappa shape index (κ2) is 7.37. The van der Waals surface area contributed by atoms with Crippen molar-refractivity contribution in [3.05, 3.63) is 60.2 Å². The number of rotatable bonds is 6. The van der Waals surface area contributed by atoms with Crippen molar-refractivity contribution in [2.24, 2.45) is 5.10 Å². The lowest BCUT2D eigenvalue weighted by Crippen LogP contribution is -1.93. The van der Waals surface area contributed by atoms with Crippen LogP contribution in [-0.2, 0) is 0 Å². The molecule has 1 aromatic heterocycles. The number of benzene rings is 2. The Morgan fingerprint density at radius 3 is 2.61 bits per heavy atom. The van der Waals surface area contributed by atoms with Gasteiger partial charge in [0, 0.05) is 17.2 Å². The van der Waals surface area contributed by atoms with Crippen LogP contribution in [0.1, 0.15) is 5.56 Å². The molecule has 1 heterocycles. The van der Waals surface area contributed by atoms with Crippen LogP contribution in [0.15, 0.2) is 59.7 Å². The monoisotopic (exact) mass is 325 g/mol. The van der Waals surface area contributed by atoms with E-state index in [0.29, 0.717) is 11.1 Å². The Bertz CT molecular complexity index is 771. The van der Waals surface area contributed by atoms with E-state index in [1.54, 1.807) is 13.3 Å². The minimum absolute atomic E-state index is 0.457. The van der Waals surface area contributed by atoms with E-state index < -0.39 is 0 Å². The van der Waals surface area contributed by atoms with E-state index >= 15 is 0 Å². The summed E-state index contributed by atoms with van der Waals surface area (Å²) in [4.78, 5) is 4.32. The van der Waals surface area contributed by atoms with Gasteiger partial charge in [-0.3, -0.25) is 0 Å². The van der Waals surface area contributed by atoms with Crippen molar-refractivity contribution in [2.45, 2.75) is 0 Å². The quantitative estimate of drug-likeness (QED) is 0.534. The molecule has 2 N–H and O–H groups in total. The van der Waals surface area contributed by atoms with E-state index in [0.717, 1.165) is 17.0 Å². The molecule has 6 nitrogen and oxygen atoms in total. The summed E-state index contributed by atoms with van der Waals surface area (Å²) >= 11 is 1.26. The van der Waals surface area contributed by atoms with Crippen LogP contribution in [0.3, 0.4) is 0 Å². The molecule has 0 radical (unpaired) electrons. The second-order valence-corrected chi connectivity index (χ2v) is 5.31. The maximum Gasteiger partial charge on any atom is 0.257 e. The zero-order chi connectivity index (χ0) is 15.9. The van der Waals surface area contributed by atoms with E-state index in [-0.39, 0.29) is 0 Å². The molecule has 0 aliphatic rings. The molecule has 0 fully saturated rings. The third kappa shape index (κ3) is 4.27. The van der Waals surface area contributed by atoms with Gasteiger partial charge in [0.2, 0.25) is 5.13 Å². The number of methoxy groups -OCH3 is 1. The van der Waals surface area contributed by atoms with Gasteiger partial charge < -0.3 is 10.1 Å². The molecule has 0 unspecified atom stereocenters. The van der Waals surface area contributed by atoms with Crippen LogP contribution in [0, 0.1) is 0 Å². The summed E-state index contributed by atoms with van der Waals surface area (Å²) in [5.74, 6) is 1.27. The molecule has 3 aromatic rings. The van der Waals surface area contributed by atoms with Gasteiger partial charge in [-0.05, 0) is 29.8 Å². The topological polar surface area (TPSA) is 71.4 Å². The molecule has 0 saturated heterocycles. The zero-order valence-electron chi connectivity index (χ0n) is 12.4. The minimum Gasteiger partial charge on any atom is -0.497 e. The predicted octanol–water partition coefficient (Wildman–Crippen LogP) is 3.74. The lowest BCUT2D eigenvalue weighted by atomic mass is 10.2. The van der Waals surface area contributed by atoms with Gasteiger partial charge in [-0.1, -0.05) is 30.3 Å². The number of aromatic nitrogens is 2. The van der Waals surface area contributed by atoms with Crippen molar-refractivity contribution in [3.8, 4) is 5.75 Å². The second-order valence-electron chi connectivity index (χ2n) is 4.56. The van der Waals surface area contributed by atoms with Crippen LogP contribution in [0.4, 0.5) is 16.8 Å². The summed E-state index contributed by atoms with van der Waals surface area (Å²) in [6, 6.07) is 17.4. The fourth-order valence-electron chi connectivity index (χ4n) is 1.82. The standard InChI is InChI=1S/C16H15N5OS/c1-22-14-9-7-13(8-10-14)18-16-19-15(21-23-16)20-17-11-12-5-3-2-4-6-12/h2-11H,1H3,(H2,18,19,20,21)/b17-11+. The average molecular weight is 325 g/mol. The lowest BCUT2D eigenvalue weighted by molar-refractivity contribution is 0.415. The summed E-state index contributed by atoms with van der Waals surface area (Å²) < 4.78 is 9.32. The highest BCUT2D eigenvalue weighted by atomic mass is 32.1. The highest BCUT2D eigenvalue weighted by Gasteiger charge is 2.03. The highest BCUT2D eigenvalue weighted by molar-refractivity contribution is 7.10. The smallest absolute Gasteiger partial charge is 0.257 e. The van der Waals surface area contributed by atoms with E-state index in [4.69, 9.17) is 4.74 Å². The first-order valence-corrected chi connectivity index (χ1v) is 7.70. The molecule has 3 rings (SSSR count). The Balaban J connectivity index is 1.58. The first-order chi connectivity index (χ1) is 11.3. The van der Waals surface area contributed by atoms with Crippen LogP contribution in [-0.4, -0.2) is 22.7 Å². The molecule has 23 heavy (non-hydrogen) atoms. The third-order valence-corrected chi connectivity index (χ3v) is 3.58. The largest absolute Gasteiger partial charge is 0.497 e. The van der Waals surface area contributed by atoms with Crippen LogP contribution in [0.25, 0.3) is 0 Å². The molecule has 7 heteroatoms. The molecule has 0 spiro atoms. The number of nitrogens with zero attached hydrogens (tertiary/aromatic N) is 3. The van der Waals surface area contributed by atoms with Gasteiger partial charge >= 0.3 is 0 Å². The molecule has 0 atom stereocenters. The summed E-state index contributed by atoms with van der Waals surface area (Å²) in [5.41, 5.74) is 4.74. The predicted molar refractivity (Wildman–Crippen MR) is 93.8 cm³/mol. The molecule has 2 aromatic carbocycles. The molecule has 0 aliphatic heterocycles. The van der Waals surface area contributed by atoms with Crippen LogP contribution in [0.5, 0.6) is 5.75 Å². The van der Waals surface area contributed by atoms with Crippen molar-refractivity contribution in [1.29, 1.82) is 0 Å². The van der Waals surface area contributed by atoms with Crippen molar-refractivity contribution >= 4 is 34.5 Å². The average Bonchev–Trinajstić information content (AvgIpc) is 3.04. The molecular formula is C16H15N5OS. The van der Waals surface area contributed by atoms with Gasteiger partial charge in [0.1, 0.15) is 5.75 Å². The first kappa shape index (κ1) is 15.0. The Morgan fingerprint density at radius 2 is 1.87 bits per heavy atom. The van der Waals surface area contributed by atoms with Crippen LogP contribution in [0.2, 0.25) is 0 Å². The van der Waals surface area contributed by atoms with E-state index in [1.165, 1.54) is 11.5 Å². The minimum atomic E-state index is 0.457. The number of anilines is 3. The molecule has 0 aliphatic carbocycles. The van der Waals surface area contributed by atoms with Crippen molar-refractivity contribution in [1.82, 2.24) is 9.36 Å². The summed E-state index contributed by atoms with van der Waals surface area (Å²) in [6.45, 7) is 0. The molecule has 0 saturated carbocycles. The Labute approximate surface area is 138 Å². The van der Waals surface area contributed by atoms with E-state index in [9.17, 15) is 0 Å². The maximum absolute atomic E-state index is 5.13. The fraction of sp³-hybridized carbons (Fsp3) is 0.0625. The number of hydrogen-bond acceptors (Lipinski definition) is 7. The Kier molecular flexibility index (Phi) is 4.80. The van der Waals surface area contributed by atoms with Crippen LogP contribution < -0.4 is 15.5 Å². The molecule has 116 valence electrons. The van der Waals surface area contributed by atoms with Crippen molar-refractivity contribution in [2.75, 3.05) is 17.9 Å². The summed E-state index contributed by atoms with van der Waals surface area (Å²) in [5, 5.41) is 7.99. The fourth-order valence-corrected chi connectivity index (χ4v) is 2.37. The number of hydrogen-bond donors (Lipinski definition) is 2. The molecule has 0 bridgehead atoms. The number of ether oxygens (including phenoxy) is 1. The highest BCUT2D eigenvalue weighted by Crippen LogP contribution is 2.22. The van der Waals surface area contributed by atoms with Gasteiger partial charge in [0.15, 0.2) is 0 Å². The number of hydrazone groups is 1. The third-order valence-electron chi connectivity index (χ3n) is 2.95. The van der Waals surface area contributed by atoms with Gasteiger partial charge in [-0.15, -0.1) is 4.37 Å². The van der Waals surface area contributed by atoms with Crippen LogP contribution >= 0.6 is 11.5 Å². The van der Waals surface area contributed by atoms with Gasteiger partial charge in [-0.25, -0.2) is 5.43 Å². The molecular weight excluding hydrogens is 310 g/mol. The number of nitrogens with one attached hydrogen (secondary N) is 2.